The molecule has 0 unspecified atom stereocenters. The molecule has 0 aromatic heterocycles. The first-order chi connectivity index (χ1) is 10.4. The molecule has 1 rings (SSSR count). The lowest BCUT2D eigenvalue weighted by Crippen LogP contribution is -2.16. The maximum Gasteiger partial charge on any atom is 0.0719 e. The first-order valence-corrected chi connectivity index (χ1v) is 8.73. The van der Waals surface area contributed by atoms with E-state index in [1.54, 1.807) is 0 Å². The Morgan fingerprint density at radius 3 is 2.38 bits per heavy atom. The van der Waals surface area contributed by atoms with Gasteiger partial charge in [-0.3, -0.25) is 0 Å². The molecule has 1 aromatic carbocycles. The van der Waals surface area contributed by atoms with E-state index in [1.165, 1.54) is 49.7 Å². The third kappa shape index (κ3) is 8.90. The van der Waals surface area contributed by atoms with Crippen molar-refractivity contribution in [3.63, 3.8) is 0 Å². The van der Waals surface area contributed by atoms with Gasteiger partial charge in [-0.25, -0.2) is 0 Å². The molecule has 0 amide bonds. The zero-order chi connectivity index (χ0) is 15.2. The average molecular weight is 291 g/mol. The molecule has 0 aliphatic heterocycles. The van der Waals surface area contributed by atoms with Crippen LogP contribution in [-0.2, 0) is 17.8 Å². The average Bonchev–Trinajstić information content (AvgIpc) is 2.51. The number of hydrogen-bond donors (Lipinski definition) is 1. The Labute approximate surface area is 131 Å². The fourth-order valence-electron chi connectivity index (χ4n) is 2.51. The van der Waals surface area contributed by atoms with Crippen molar-refractivity contribution < 1.29 is 4.74 Å². The van der Waals surface area contributed by atoms with Crippen molar-refractivity contribution in [3.05, 3.63) is 35.4 Å². The zero-order valence-corrected chi connectivity index (χ0v) is 14.0. The molecule has 1 aromatic rings. The quantitative estimate of drug-likeness (QED) is 0.531. The van der Waals surface area contributed by atoms with E-state index in [0.29, 0.717) is 0 Å². The Bertz CT molecular complexity index is 351. The minimum Gasteiger partial charge on any atom is -0.377 e. The molecule has 0 spiro atoms. The van der Waals surface area contributed by atoms with Gasteiger partial charge in [-0.2, -0.15) is 0 Å². The lowest BCUT2D eigenvalue weighted by Gasteiger charge is -2.10. The Morgan fingerprint density at radius 2 is 1.62 bits per heavy atom. The Hall–Kier alpha value is -0.860. The normalized spacial score (nSPS) is 11.0. The van der Waals surface area contributed by atoms with Crippen molar-refractivity contribution in [2.24, 2.45) is 0 Å². The van der Waals surface area contributed by atoms with E-state index in [9.17, 15) is 0 Å². The second-order valence-corrected chi connectivity index (χ2v) is 5.69. The minimum atomic E-state index is 0.761. The highest BCUT2D eigenvalue weighted by Crippen LogP contribution is 2.11. The summed E-state index contributed by atoms with van der Waals surface area (Å²) in [5.41, 5.74) is 2.77. The van der Waals surface area contributed by atoms with Crippen LogP contribution in [0.15, 0.2) is 24.3 Å². The van der Waals surface area contributed by atoms with E-state index < -0.39 is 0 Å². The number of unbranched alkanes of at least 4 members (excludes halogenated alkanes) is 5. The van der Waals surface area contributed by atoms with Crippen molar-refractivity contribution in [2.45, 2.75) is 65.4 Å². The molecule has 0 bridgehead atoms. The lowest BCUT2D eigenvalue weighted by molar-refractivity contribution is 0.116. The van der Waals surface area contributed by atoms with Gasteiger partial charge in [0, 0.05) is 6.61 Å². The van der Waals surface area contributed by atoms with E-state index in [0.717, 1.165) is 32.7 Å². The number of likely N-dealkylation sites (N-methyl/N-ethyl adjacent to an activating group) is 1. The van der Waals surface area contributed by atoms with Gasteiger partial charge in [0.25, 0.3) is 0 Å². The van der Waals surface area contributed by atoms with Crippen LogP contribution in [-0.4, -0.2) is 19.7 Å². The Kier molecular flexibility index (Phi) is 11.1. The fraction of sp³-hybridized carbons (Fsp3) is 0.684. The van der Waals surface area contributed by atoms with Crippen LogP contribution in [0.1, 0.15) is 63.5 Å². The van der Waals surface area contributed by atoms with Crippen LogP contribution < -0.4 is 5.32 Å². The van der Waals surface area contributed by atoms with Crippen molar-refractivity contribution >= 4 is 0 Å². The van der Waals surface area contributed by atoms with Gasteiger partial charge >= 0.3 is 0 Å². The standard InChI is InChI=1S/C19H33NO/c1-3-5-6-7-8-11-16-21-17-19-13-10-9-12-18(19)14-15-20-4-2/h9-10,12-13,20H,3-8,11,14-17H2,1-2H3. The highest BCUT2D eigenvalue weighted by Gasteiger charge is 2.01. The Morgan fingerprint density at radius 1 is 0.905 bits per heavy atom. The van der Waals surface area contributed by atoms with E-state index in [4.69, 9.17) is 4.74 Å². The minimum absolute atomic E-state index is 0.761. The molecule has 0 aliphatic rings. The molecule has 0 fully saturated rings. The highest BCUT2D eigenvalue weighted by molar-refractivity contribution is 5.26. The molecular weight excluding hydrogens is 258 g/mol. The summed E-state index contributed by atoms with van der Waals surface area (Å²) in [5.74, 6) is 0. The van der Waals surface area contributed by atoms with Crippen molar-refractivity contribution in [3.8, 4) is 0 Å². The van der Waals surface area contributed by atoms with Gasteiger partial charge in [0.1, 0.15) is 0 Å². The van der Waals surface area contributed by atoms with Crippen molar-refractivity contribution in [1.82, 2.24) is 5.32 Å². The summed E-state index contributed by atoms with van der Waals surface area (Å²) in [5, 5.41) is 3.38. The molecule has 2 nitrogen and oxygen atoms in total. The monoisotopic (exact) mass is 291 g/mol. The number of benzene rings is 1. The number of ether oxygens (including phenoxy) is 1. The van der Waals surface area contributed by atoms with E-state index in [2.05, 4.69) is 43.4 Å². The second-order valence-electron chi connectivity index (χ2n) is 5.69. The van der Waals surface area contributed by atoms with Crippen LogP contribution in [0.25, 0.3) is 0 Å². The number of hydrogen-bond acceptors (Lipinski definition) is 2. The molecule has 120 valence electrons. The SMILES string of the molecule is CCCCCCCCOCc1ccccc1CCNCC. The summed E-state index contributed by atoms with van der Waals surface area (Å²) >= 11 is 0. The smallest absolute Gasteiger partial charge is 0.0719 e. The first-order valence-electron chi connectivity index (χ1n) is 8.73. The molecule has 0 atom stereocenters. The fourth-order valence-corrected chi connectivity index (χ4v) is 2.51. The predicted molar refractivity (Wildman–Crippen MR) is 91.7 cm³/mol. The number of rotatable bonds is 13. The maximum atomic E-state index is 5.85. The van der Waals surface area contributed by atoms with Gasteiger partial charge in [0.05, 0.1) is 6.61 Å². The molecule has 0 heterocycles. The predicted octanol–water partition coefficient (Wildman–Crippen LogP) is 4.72. The van der Waals surface area contributed by atoms with Crippen LogP contribution in [0.3, 0.4) is 0 Å². The van der Waals surface area contributed by atoms with Gasteiger partial charge < -0.3 is 10.1 Å². The van der Waals surface area contributed by atoms with Crippen LogP contribution in [0.2, 0.25) is 0 Å². The van der Waals surface area contributed by atoms with Crippen molar-refractivity contribution in [2.75, 3.05) is 19.7 Å². The second kappa shape index (κ2) is 12.8. The molecule has 0 radical (unpaired) electrons. The molecule has 1 N–H and O–H groups in total. The molecular formula is C19H33NO. The molecule has 0 saturated heterocycles. The van der Waals surface area contributed by atoms with E-state index in [1.807, 2.05) is 0 Å². The third-order valence-electron chi connectivity index (χ3n) is 3.84. The van der Waals surface area contributed by atoms with Gasteiger partial charge in [-0.1, -0.05) is 70.2 Å². The van der Waals surface area contributed by atoms with E-state index >= 15 is 0 Å². The topological polar surface area (TPSA) is 21.3 Å². The third-order valence-corrected chi connectivity index (χ3v) is 3.84. The summed E-state index contributed by atoms with van der Waals surface area (Å²) in [6.07, 6.45) is 9.02. The van der Waals surface area contributed by atoms with Gasteiger partial charge in [0.2, 0.25) is 0 Å². The van der Waals surface area contributed by atoms with Gasteiger partial charge in [-0.05, 0) is 37.1 Å². The Balaban J connectivity index is 2.16. The lowest BCUT2D eigenvalue weighted by atomic mass is 10.1. The zero-order valence-electron chi connectivity index (χ0n) is 14.0. The summed E-state index contributed by atoms with van der Waals surface area (Å²) in [4.78, 5) is 0. The van der Waals surface area contributed by atoms with Crippen LogP contribution in [0.5, 0.6) is 0 Å². The summed E-state index contributed by atoms with van der Waals surface area (Å²) in [6, 6.07) is 8.65. The van der Waals surface area contributed by atoms with Crippen LogP contribution >= 0.6 is 0 Å². The molecule has 2 heteroatoms. The summed E-state index contributed by atoms with van der Waals surface area (Å²) < 4.78 is 5.85. The molecule has 0 saturated carbocycles. The molecule has 21 heavy (non-hydrogen) atoms. The van der Waals surface area contributed by atoms with E-state index in [-0.39, 0.29) is 0 Å². The first kappa shape index (κ1) is 18.2. The summed E-state index contributed by atoms with van der Waals surface area (Å²) in [6.45, 7) is 8.15. The van der Waals surface area contributed by atoms with Gasteiger partial charge in [0.15, 0.2) is 0 Å². The van der Waals surface area contributed by atoms with Crippen molar-refractivity contribution in [1.29, 1.82) is 0 Å². The van der Waals surface area contributed by atoms with Crippen LogP contribution in [0.4, 0.5) is 0 Å². The van der Waals surface area contributed by atoms with Crippen LogP contribution in [0, 0.1) is 0 Å². The largest absolute Gasteiger partial charge is 0.377 e. The molecule has 0 aliphatic carbocycles. The highest BCUT2D eigenvalue weighted by atomic mass is 16.5. The summed E-state index contributed by atoms with van der Waals surface area (Å²) in [7, 11) is 0. The maximum absolute atomic E-state index is 5.85. The number of nitrogens with one attached hydrogen (secondary N) is 1. The van der Waals surface area contributed by atoms with Gasteiger partial charge in [-0.15, -0.1) is 0 Å².